The maximum atomic E-state index is 9.70. The summed E-state index contributed by atoms with van der Waals surface area (Å²) < 4.78 is 1.93. The van der Waals surface area contributed by atoms with Gasteiger partial charge in [0.15, 0.2) is 11.5 Å². The van der Waals surface area contributed by atoms with E-state index in [1.807, 2.05) is 23.7 Å². The highest BCUT2D eigenvalue weighted by molar-refractivity contribution is 5.66. The molecule has 0 aliphatic rings. The van der Waals surface area contributed by atoms with E-state index < -0.39 is 0 Å². The maximum Gasteiger partial charge on any atom is 0.180 e. The molecule has 0 fully saturated rings. The Balaban J connectivity index is 2.43. The summed E-state index contributed by atoms with van der Waals surface area (Å²) >= 11 is 0. The number of nitrogens with one attached hydrogen (secondary N) is 2. The van der Waals surface area contributed by atoms with Gasteiger partial charge in [-0.3, -0.25) is 0 Å². The van der Waals surface area contributed by atoms with Crippen LogP contribution in [0.2, 0.25) is 0 Å². The van der Waals surface area contributed by atoms with Crippen LogP contribution in [0.5, 0.6) is 0 Å². The Morgan fingerprint density at radius 2 is 2.05 bits per heavy atom. The first-order chi connectivity index (χ1) is 9.68. The van der Waals surface area contributed by atoms with E-state index in [1.54, 1.807) is 6.20 Å². The minimum atomic E-state index is -0.357. The van der Waals surface area contributed by atoms with Gasteiger partial charge < -0.3 is 20.1 Å². The number of rotatable bonds is 7. The van der Waals surface area contributed by atoms with Gasteiger partial charge in [0.2, 0.25) is 0 Å². The van der Waals surface area contributed by atoms with Crippen molar-refractivity contribution in [3.63, 3.8) is 0 Å². The van der Waals surface area contributed by atoms with Crippen LogP contribution < -0.4 is 10.6 Å². The highest BCUT2D eigenvalue weighted by Crippen LogP contribution is 2.24. The van der Waals surface area contributed by atoms with E-state index >= 15 is 0 Å². The smallest absolute Gasteiger partial charge is 0.180 e. The van der Waals surface area contributed by atoms with Gasteiger partial charge in [-0.2, -0.15) is 0 Å². The Labute approximate surface area is 119 Å². The lowest BCUT2D eigenvalue weighted by atomic mass is 9.94. The minimum Gasteiger partial charge on any atom is -0.394 e. The third kappa shape index (κ3) is 2.70. The number of aromatic nitrogens is 3. The van der Waals surface area contributed by atoms with Gasteiger partial charge in [0.25, 0.3) is 0 Å². The Morgan fingerprint density at radius 1 is 1.30 bits per heavy atom. The van der Waals surface area contributed by atoms with Gasteiger partial charge in [0.05, 0.1) is 18.3 Å². The van der Waals surface area contributed by atoms with Crippen LogP contribution in [0.25, 0.3) is 5.65 Å². The Bertz CT molecular complexity index is 553. The molecular weight excluding hydrogens is 254 g/mol. The second-order valence-corrected chi connectivity index (χ2v) is 4.93. The molecule has 0 aliphatic carbocycles. The highest BCUT2D eigenvalue weighted by atomic mass is 16.3. The first-order valence-corrected chi connectivity index (χ1v) is 7.14. The lowest BCUT2D eigenvalue weighted by Crippen LogP contribution is -2.41. The summed E-state index contributed by atoms with van der Waals surface area (Å²) in [6.07, 6.45) is 7.19. The first-order valence-electron chi connectivity index (χ1n) is 7.14. The number of aliphatic hydroxyl groups is 1. The molecule has 0 radical (unpaired) electrons. The molecule has 0 saturated carbocycles. The standard InChI is InChI=1S/C14H23N5O/c1-4-14(5-2,10-20)18-12-13-16-7-8-19(13)9-11(17-12)15-6-3/h7-9,15,20H,4-6,10H2,1-3H3,(H,17,18). The molecule has 0 aliphatic heterocycles. The zero-order valence-corrected chi connectivity index (χ0v) is 12.3. The van der Waals surface area contributed by atoms with E-state index in [4.69, 9.17) is 0 Å². The molecule has 2 aromatic heterocycles. The summed E-state index contributed by atoms with van der Waals surface area (Å²) in [5, 5.41) is 16.3. The van der Waals surface area contributed by atoms with Crippen molar-refractivity contribution in [1.29, 1.82) is 0 Å². The normalized spacial score (nSPS) is 11.8. The predicted molar refractivity (Wildman–Crippen MR) is 81.2 cm³/mol. The topological polar surface area (TPSA) is 74.5 Å². The maximum absolute atomic E-state index is 9.70. The average molecular weight is 277 g/mol. The van der Waals surface area contributed by atoms with E-state index in [1.165, 1.54) is 0 Å². The fourth-order valence-electron chi connectivity index (χ4n) is 2.22. The molecular formula is C14H23N5O. The van der Waals surface area contributed by atoms with E-state index in [-0.39, 0.29) is 12.1 Å². The highest BCUT2D eigenvalue weighted by Gasteiger charge is 2.26. The van der Waals surface area contributed by atoms with E-state index in [0.717, 1.165) is 30.9 Å². The van der Waals surface area contributed by atoms with Crippen molar-refractivity contribution < 1.29 is 5.11 Å². The molecule has 0 amide bonds. The number of anilines is 2. The van der Waals surface area contributed by atoms with E-state index in [0.29, 0.717) is 5.82 Å². The molecule has 2 aromatic rings. The summed E-state index contributed by atoms with van der Waals surface area (Å²) in [5.41, 5.74) is 0.413. The molecule has 110 valence electrons. The van der Waals surface area contributed by atoms with Gasteiger partial charge in [-0.05, 0) is 19.8 Å². The molecule has 20 heavy (non-hydrogen) atoms. The zero-order valence-electron chi connectivity index (χ0n) is 12.3. The van der Waals surface area contributed by atoms with Crippen molar-refractivity contribution in [3.05, 3.63) is 18.6 Å². The summed E-state index contributed by atoms with van der Waals surface area (Å²) in [6, 6.07) is 0. The molecule has 0 atom stereocenters. The number of imidazole rings is 1. The molecule has 6 heteroatoms. The number of aliphatic hydroxyl groups excluding tert-OH is 1. The van der Waals surface area contributed by atoms with Crippen LogP contribution in [-0.4, -0.2) is 38.2 Å². The molecule has 2 heterocycles. The van der Waals surface area contributed by atoms with Gasteiger partial charge in [-0.15, -0.1) is 0 Å². The Hall–Kier alpha value is -1.82. The number of fused-ring (bicyclic) bond motifs is 1. The first kappa shape index (κ1) is 14.6. The number of hydrogen-bond donors (Lipinski definition) is 3. The second-order valence-electron chi connectivity index (χ2n) is 4.93. The van der Waals surface area contributed by atoms with Crippen molar-refractivity contribution in [3.8, 4) is 0 Å². The van der Waals surface area contributed by atoms with Crippen LogP contribution in [0.1, 0.15) is 33.6 Å². The summed E-state index contributed by atoms with van der Waals surface area (Å²) in [6.45, 7) is 7.02. The third-order valence-electron chi connectivity index (χ3n) is 3.77. The lowest BCUT2D eigenvalue weighted by molar-refractivity contribution is 0.202. The molecule has 0 unspecified atom stereocenters. The van der Waals surface area contributed by atoms with Gasteiger partial charge in [-0.25, -0.2) is 9.97 Å². The van der Waals surface area contributed by atoms with Gasteiger partial charge in [-0.1, -0.05) is 13.8 Å². The minimum absolute atomic E-state index is 0.0694. The molecule has 0 bridgehead atoms. The Kier molecular flexibility index (Phi) is 4.44. The predicted octanol–water partition coefficient (Wildman–Crippen LogP) is 2.12. The SMILES string of the molecule is CCNc1cn2ccnc2c(NC(CC)(CC)CO)n1. The molecule has 3 N–H and O–H groups in total. The lowest BCUT2D eigenvalue weighted by Gasteiger charge is -2.31. The summed E-state index contributed by atoms with van der Waals surface area (Å²) in [7, 11) is 0. The van der Waals surface area contributed by atoms with Crippen LogP contribution >= 0.6 is 0 Å². The second kappa shape index (κ2) is 6.09. The van der Waals surface area contributed by atoms with Crippen LogP contribution in [0.4, 0.5) is 11.6 Å². The van der Waals surface area contributed by atoms with Gasteiger partial charge in [0, 0.05) is 18.9 Å². The van der Waals surface area contributed by atoms with Crippen LogP contribution in [0.3, 0.4) is 0 Å². The van der Waals surface area contributed by atoms with Crippen molar-refractivity contribution in [2.24, 2.45) is 0 Å². The fourth-order valence-corrected chi connectivity index (χ4v) is 2.22. The average Bonchev–Trinajstić information content (AvgIpc) is 2.94. The van der Waals surface area contributed by atoms with Gasteiger partial charge in [0.1, 0.15) is 5.82 Å². The van der Waals surface area contributed by atoms with Crippen molar-refractivity contribution in [2.75, 3.05) is 23.8 Å². The molecule has 0 saturated heterocycles. The summed E-state index contributed by atoms with van der Waals surface area (Å²) in [5.74, 6) is 1.49. The van der Waals surface area contributed by atoms with E-state index in [9.17, 15) is 5.11 Å². The van der Waals surface area contributed by atoms with Gasteiger partial charge >= 0.3 is 0 Å². The van der Waals surface area contributed by atoms with Crippen LogP contribution in [-0.2, 0) is 0 Å². The molecule has 2 rings (SSSR count). The Morgan fingerprint density at radius 3 is 2.65 bits per heavy atom. The molecule has 0 aromatic carbocycles. The van der Waals surface area contributed by atoms with Crippen molar-refractivity contribution in [2.45, 2.75) is 39.2 Å². The zero-order chi connectivity index (χ0) is 14.6. The van der Waals surface area contributed by atoms with Crippen LogP contribution in [0, 0.1) is 0 Å². The number of hydrogen-bond acceptors (Lipinski definition) is 5. The largest absolute Gasteiger partial charge is 0.394 e. The molecule has 6 nitrogen and oxygen atoms in total. The fraction of sp³-hybridized carbons (Fsp3) is 0.571. The van der Waals surface area contributed by atoms with Crippen LogP contribution in [0.15, 0.2) is 18.6 Å². The van der Waals surface area contributed by atoms with E-state index in [2.05, 4.69) is 34.4 Å². The van der Waals surface area contributed by atoms with Crippen molar-refractivity contribution >= 4 is 17.3 Å². The quantitative estimate of drug-likeness (QED) is 0.723. The third-order valence-corrected chi connectivity index (χ3v) is 3.77. The monoisotopic (exact) mass is 277 g/mol. The summed E-state index contributed by atoms with van der Waals surface area (Å²) in [4.78, 5) is 8.91. The van der Waals surface area contributed by atoms with Crippen molar-refractivity contribution in [1.82, 2.24) is 14.4 Å². The molecule has 0 spiro atoms. The number of nitrogens with zero attached hydrogens (tertiary/aromatic N) is 3.